The monoisotopic (exact) mass is 594 g/mol. The maximum Gasteiger partial charge on any atom is 0.335 e. The molecule has 0 radical (unpaired) electrons. The first kappa shape index (κ1) is 25.0. The number of carbonyl (C=O) groups is 3. The maximum absolute atomic E-state index is 13.4. The predicted octanol–water partition coefficient (Wildman–Crippen LogP) is 7.15. The molecule has 1 fully saturated rings. The summed E-state index contributed by atoms with van der Waals surface area (Å²) in [7, 11) is 0. The van der Waals surface area contributed by atoms with E-state index in [4.69, 9.17) is 27.9 Å². The Morgan fingerprint density at radius 3 is 2.41 bits per heavy atom. The second-order valence-electron chi connectivity index (χ2n) is 8.17. The minimum absolute atomic E-state index is 0.176. The van der Waals surface area contributed by atoms with Crippen LogP contribution < -0.4 is 15.0 Å². The Bertz CT molecular complexity index is 1600. The van der Waals surface area contributed by atoms with E-state index in [2.05, 4.69) is 21.2 Å². The predicted molar refractivity (Wildman–Crippen MR) is 148 cm³/mol. The van der Waals surface area contributed by atoms with Crippen LogP contribution in [0.15, 0.2) is 88.9 Å². The highest BCUT2D eigenvalue weighted by molar-refractivity contribution is 9.10. The zero-order valence-corrected chi connectivity index (χ0v) is 22.1. The van der Waals surface area contributed by atoms with Crippen molar-refractivity contribution in [2.24, 2.45) is 0 Å². The molecule has 0 unspecified atom stereocenters. The van der Waals surface area contributed by atoms with Crippen molar-refractivity contribution in [2.75, 3.05) is 4.90 Å². The van der Waals surface area contributed by atoms with Crippen molar-refractivity contribution in [3.05, 3.63) is 110 Å². The van der Waals surface area contributed by atoms with E-state index in [1.165, 1.54) is 6.08 Å². The third-order valence-electron chi connectivity index (χ3n) is 5.78. The molecule has 0 spiro atoms. The number of imide groups is 2. The van der Waals surface area contributed by atoms with Gasteiger partial charge in [-0.25, -0.2) is 9.69 Å². The Balaban J connectivity index is 1.57. The van der Waals surface area contributed by atoms with Crippen molar-refractivity contribution >= 4 is 79.5 Å². The first-order chi connectivity index (χ1) is 17.8. The number of fused-ring (bicyclic) bond motifs is 1. The highest BCUT2D eigenvalue weighted by atomic mass is 79.9. The summed E-state index contributed by atoms with van der Waals surface area (Å²) in [6, 6.07) is 22.2. The Morgan fingerprint density at radius 1 is 0.892 bits per heavy atom. The quantitative estimate of drug-likeness (QED) is 0.196. The largest absolute Gasteiger partial charge is 0.488 e. The molecule has 37 heavy (non-hydrogen) atoms. The molecule has 0 aromatic heterocycles. The highest BCUT2D eigenvalue weighted by Crippen LogP contribution is 2.33. The van der Waals surface area contributed by atoms with Gasteiger partial charge in [0.2, 0.25) is 0 Å². The molecule has 6 nitrogen and oxygen atoms in total. The first-order valence-electron chi connectivity index (χ1n) is 11.1. The van der Waals surface area contributed by atoms with Crippen LogP contribution in [0.25, 0.3) is 16.8 Å². The molecule has 1 heterocycles. The van der Waals surface area contributed by atoms with Crippen molar-refractivity contribution in [3.8, 4) is 5.75 Å². The Kier molecular flexibility index (Phi) is 7.02. The molecule has 184 valence electrons. The van der Waals surface area contributed by atoms with E-state index in [0.717, 1.165) is 25.7 Å². The van der Waals surface area contributed by atoms with Gasteiger partial charge >= 0.3 is 6.03 Å². The van der Waals surface area contributed by atoms with Gasteiger partial charge < -0.3 is 4.74 Å². The standard InChI is InChI=1S/C28H17BrCl2N2O4/c29-18-7-9-19(10-8-18)33-27(35)22(26(34)32-28(33)36)14-21-20-4-2-1-3-17(20)6-12-25(21)37-15-16-5-11-23(30)24(31)13-16/h1-14H,15H2,(H,32,34,36)/b22-14+. The molecule has 1 N–H and O–H groups in total. The van der Waals surface area contributed by atoms with Gasteiger partial charge in [0.1, 0.15) is 17.9 Å². The molecule has 4 aromatic carbocycles. The lowest BCUT2D eigenvalue weighted by molar-refractivity contribution is -0.122. The normalized spacial score (nSPS) is 14.8. The number of barbiturate groups is 1. The van der Waals surface area contributed by atoms with Gasteiger partial charge in [0.15, 0.2) is 0 Å². The van der Waals surface area contributed by atoms with E-state index < -0.39 is 17.8 Å². The fourth-order valence-electron chi connectivity index (χ4n) is 3.97. The maximum atomic E-state index is 13.4. The molecular weight excluding hydrogens is 579 g/mol. The molecule has 0 bridgehead atoms. The van der Waals surface area contributed by atoms with E-state index >= 15 is 0 Å². The van der Waals surface area contributed by atoms with Crippen molar-refractivity contribution < 1.29 is 19.1 Å². The van der Waals surface area contributed by atoms with Gasteiger partial charge in [0, 0.05) is 10.0 Å². The average Bonchev–Trinajstić information content (AvgIpc) is 2.88. The summed E-state index contributed by atoms with van der Waals surface area (Å²) >= 11 is 15.5. The van der Waals surface area contributed by atoms with Gasteiger partial charge in [-0.2, -0.15) is 0 Å². The van der Waals surface area contributed by atoms with Crippen molar-refractivity contribution in [1.29, 1.82) is 0 Å². The minimum Gasteiger partial charge on any atom is -0.488 e. The van der Waals surface area contributed by atoms with Crippen LogP contribution in [-0.4, -0.2) is 17.8 Å². The smallest absolute Gasteiger partial charge is 0.335 e. The SMILES string of the molecule is O=C1NC(=O)N(c2ccc(Br)cc2)C(=O)/C1=C/c1c(OCc2ccc(Cl)c(Cl)c2)ccc2ccccc12. The van der Waals surface area contributed by atoms with Gasteiger partial charge in [-0.3, -0.25) is 14.9 Å². The molecule has 4 aromatic rings. The molecule has 1 aliphatic rings. The van der Waals surface area contributed by atoms with Gasteiger partial charge in [0.05, 0.1) is 15.7 Å². The highest BCUT2D eigenvalue weighted by Gasteiger charge is 2.37. The lowest BCUT2D eigenvalue weighted by Crippen LogP contribution is -2.54. The van der Waals surface area contributed by atoms with E-state index in [9.17, 15) is 14.4 Å². The van der Waals surface area contributed by atoms with Crippen LogP contribution in [0.3, 0.4) is 0 Å². The summed E-state index contributed by atoms with van der Waals surface area (Å²) in [6.07, 6.45) is 1.46. The number of halogens is 3. The molecule has 1 aliphatic heterocycles. The number of amides is 4. The number of hydrogen-bond acceptors (Lipinski definition) is 4. The fraction of sp³-hybridized carbons (Fsp3) is 0.0357. The number of benzene rings is 4. The molecule has 0 saturated carbocycles. The summed E-state index contributed by atoms with van der Waals surface area (Å²) in [6.45, 7) is 0.176. The Morgan fingerprint density at radius 2 is 1.65 bits per heavy atom. The molecule has 4 amide bonds. The summed E-state index contributed by atoms with van der Waals surface area (Å²) in [5, 5.41) is 4.77. The zero-order valence-electron chi connectivity index (χ0n) is 19.0. The van der Waals surface area contributed by atoms with Crippen LogP contribution in [0.1, 0.15) is 11.1 Å². The number of rotatable bonds is 5. The van der Waals surface area contributed by atoms with Gasteiger partial charge in [-0.05, 0) is 64.9 Å². The summed E-state index contributed by atoms with van der Waals surface area (Å²) in [5.41, 5.74) is 1.46. The second-order valence-corrected chi connectivity index (χ2v) is 9.90. The topological polar surface area (TPSA) is 75.7 Å². The molecule has 1 saturated heterocycles. The van der Waals surface area contributed by atoms with Gasteiger partial charge in [-0.1, -0.05) is 75.5 Å². The third kappa shape index (κ3) is 5.11. The number of ether oxygens (including phenoxy) is 1. The number of hydrogen-bond donors (Lipinski definition) is 1. The number of nitrogens with one attached hydrogen (secondary N) is 1. The van der Waals surface area contributed by atoms with E-state index in [1.54, 1.807) is 48.5 Å². The van der Waals surface area contributed by atoms with Crippen LogP contribution in [0.2, 0.25) is 10.0 Å². The number of urea groups is 1. The van der Waals surface area contributed by atoms with E-state index in [1.807, 2.05) is 30.3 Å². The molecule has 9 heteroatoms. The second kappa shape index (κ2) is 10.4. The lowest BCUT2D eigenvalue weighted by Gasteiger charge is -2.26. The Hall–Kier alpha value is -3.65. The minimum atomic E-state index is -0.816. The summed E-state index contributed by atoms with van der Waals surface area (Å²) in [5.74, 6) is -1.07. The molecule has 0 atom stereocenters. The number of nitrogens with zero attached hydrogens (tertiary/aromatic N) is 1. The fourth-order valence-corrected chi connectivity index (χ4v) is 4.55. The van der Waals surface area contributed by atoms with Crippen LogP contribution in [0.4, 0.5) is 10.5 Å². The summed E-state index contributed by atoms with van der Waals surface area (Å²) in [4.78, 5) is 39.8. The van der Waals surface area contributed by atoms with Gasteiger partial charge in [-0.15, -0.1) is 0 Å². The van der Waals surface area contributed by atoms with Crippen LogP contribution in [-0.2, 0) is 16.2 Å². The number of carbonyl (C=O) groups excluding carboxylic acids is 3. The Labute approximate surface area is 230 Å². The zero-order chi connectivity index (χ0) is 26.1. The van der Waals surface area contributed by atoms with Gasteiger partial charge in [0.25, 0.3) is 11.8 Å². The molecular formula is C28H17BrCl2N2O4. The van der Waals surface area contributed by atoms with Crippen molar-refractivity contribution in [3.63, 3.8) is 0 Å². The average molecular weight is 596 g/mol. The van der Waals surface area contributed by atoms with E-state index in [0.29, 0.717) is 27.0 Å². The molecule has 0 aliphatic carbocycles. The van der Waals surface area contributed by atoms with E-state index in [-0.39, 0.29) is 12.2 Å². The van der Waals surface area contributed by atoms with Crippen molar-refractivity contribution in [1.82, 2.24) is 5.32 Å². The van der Waals surface area contributed by atoms with Crippen LogP contribution in [0.5, 0.6) is 5.75 Å². The van der Waals surface area contributed by atoms with Crippen molar-refractivity contribution in [2.45, 2.75) is 6.61 Å². The van der Waals surface area contributed by atoms with Crippen LogP contribution in [0, 0.1) is 0 Å². The summed E-state index contributed by atoms with van der Waals surface area (Å²) < 4.78 is 6.89. The first-order valence-corrected chi connectivity index (χ1v) is 12.6. The lowest BCUT2D eigenvalue weighted by atomic mass is 9.99. The van der Waals surface area contributed by atoms with Crippen LogP contribution >= 0.6 is 39.1 Å². The molecule has 5 rings (SSSR count). The number of anilines is 1. The third-order valence-corrected chi connectivity index (χ3v) is 7.05.